The normalized spacial score (nSPS) is 18.0. The molecular weight excluding hydrogens is 400 g/mol. The van der Waals surface area contributed by atoms with E-state index in [9.17, 15) is 13.2 Å². The van der Waals surface area contributed by atoms with Gasteiger partial charge in [-0.05, 0) is 48.6 Å². The Kier molecular flexibility index (Phi) is 5.92. The molecule has 1 aromatic heterocycles. The van der Waals surface area contributed by atoms with Gasteiger partial charge in [-0.1, -0.05) is 30.3 Å². The average Bonchev–Trinajstić information content (AvgIpc) is 3.08. The van der Waals surface area contributed by atoms with Crippen LogP contribution < -0.4 is 15.6 Å². The van der Waals surface area contributed by atoms with Gasteiger partial charge < -0.3 is 14.6 Å². The summed E-state index contributed by atoms with van der Waals surface area (Å²) in [5.74, 6) is 1.12. The maximum absolute atomic E-state index is 13.2. The lowest BCUT2D eigenvalue weighted by atomic mass is 10.1. The smallest absolute Gasteiger partial charge is 0.255 e. The van der Waals surface area contributed by atoms with E-state index in [1.165, 1.54) is 0 Å². The van der Waals surface area contributed by atoms with Crippen LogP contribution >= 0.6 is 0 Å². The Balaban J connectivity index is 1.57. The van der Waals surface area contributed by atoms with Crippen molar-refractivity contribution in [2.75, 3.05) is 18.1 Å². The number of aryl methyl sites for hydroxylation is 1. The van der Waals surface area contributed by atoms with Crippen LogP contribution in [0.1, 0.15) is 17.5 Å². The highest BCUT2D eigenvalue weighted by Crippen LogP contribution is 2.17. The lowest BCUT2D eigenvalue weighted by Gasteiger charge is -2.16. The number of nitrogens with zero attached hydrogens (tertiary/aromatic N) is 1. The second-order valence-corrected chi connectivity index (χ2v) is 10.1. The molecule has 6 nitrogen and oxygen atoms in total. The number of pyridine rings is 1. The molecule has 1 fully saturated rings. The van der Waals surface area contributed by atoms with Crippen molar-refractivity contribution in [1.29, 1.82) is 0 Å². The topological polar surface area (TPSA) is 77.4 Å². The largest absolute Gasteiger partial charge is 0.492 e. The Morgan fingerprint density at radius 3 is 2.67 bits per heavy atom. The van der Waals surface area contributed by atoms with Crippen molar-refractivity contribution < 1.29 is 13.2 Å². The molecule has 158 valence electrons. The predicted octanol–water partition coefficient (Wildman–Crippen LogP) is 2.67. The number of sulfone groups is 1. The SMILES string of the molecule is Cc1ccc2cc(CNC3CCS(=O)(=O)C3)c(=O)n(CCOc3ccccc3)c2c1. The van der Waals surface area contributed by atoms with Crippen molar-refractivity contribution in [3.63, 3.8) is 0 Å². The molecule has 0 radical (unpaired) electrons. The summed E-state index contributed by atoms with van der Waals surface area (Å²) >= 11 is 0. The van der Waals surface area contributed by atoms with Crippen LogP contribution in [0.25, 0.3) is 10.9 Å². The number of rotatable bonds is 7. The summed E-state index contributed by atoms with van der Waals surface area (Å²) in [5, 5.41) is 4.24. The Labute approximate surface area is 176 Å². The molecule has 1 N–H and O–H groups in total. The van der Waals surface area contributed by atoms with Gasteiger partial charge in [-0.2, -0.15) is 0 Å². The molecule has 0 saturated carbocycles. The summed E-state index contributed by atoms with van der Waals surface area (Å²) in [4.78, 5) is 13.2. The molecule has 2 heterocycles. The van der Waals surface area contributed by atoms with Gasteiger partial charge in [0, 0.05) is 18.2 Å². The summed E-state index contributed by atoms with van der Waals surface area (Å²) in [5.41, 5.74) is 2.53. The van der Waals surface area contributed by atoms with Gasteiger partial charge in [0.2, 0.25) is 0 Å². The first-order valence-electron chi connectivity index (χ1n) is 10.2. The van der Waals surface area contributed by atoms with E-state index < -0.39 is 9.84 Å². The van der Waals surface area contributed by atoms with E-state index in [1.54, 1.807) is 4.57 Å². The van der Waals surface area contributed by atoms with E-state index in [-0.39, 0.29) is 23.1 Å². The summed E-state index contributed by atoms with van der Waals surface area (Å²) in [6, 6.07) is 17.4. The molecule has 0 spiro atoms. The molecule has 3 aromatic rings. The maximum Gasteiger partial charge on any atom is 0.255 e. The van der Waals surface area contributed by atoms with Crippen molar-refractivity contribution >= 4 is 20.7 Å². The second-order valence-electron chi connectivity index (χ2n) is 7.83. The maximum atomic E-state index is 13.2. The Morgan fingerprint density at radius 1 is 1.13 bits per heavy atom. The van der Waals surface area contributed by atoms with Gasteiger partial charge in [0.15, 0.2) is 9.84 Å². The molecule has 0 aliphatic carbocycles. The highest BCUT2D eigenvalue weighted by molar-refractivity contribution is 7.91. The highest BCUT2D eigenvalue weighted by atomic mass is 32.2. The molecule has 1 saturated heterocycles. The monoisotopic (exact) mass is 426 g/mol. The number of fused-ring (bicyclic) bond motifs is 1. The third-order valence-corrected chi connectivity index (χ3v) is 7.23. The fourth-order valence-electron chi connectivity index (χ4n) is 3.87. The quantitative estimate of drug-likeness (QED) is 0.629. The zero-order valence-electron chi connectivity index (χ0n) is 17.0. The van der Waals surface area contributed by atoms with Crippen molar-refractivity contribution in [2.24, 2.45) is 0 Å². The van der Waals surface area contributed by atoms with Gasteiger partial charge in [0.25, 0.3) is 5.56 Å². The molecule has 1 aliphatic heterocycles. The van der Waals surface area contributed by atoms with Crippen molar-refractivity contribution in [1.82, 2.24) is 9.88 Å². The van der Waals surface area contributed by atoms with E-state index in [2.05, 4.69) is 5.32 Å². The van der Waals surface area contributed by atoms with Crippen molar-refractivity contribution in [3.8, 4) is 5.75 Å². The van der Waals surface area contributed by atoms with E-state index in [0.717, 1.165) is 22.2 Å². The first-order chi connectivity index (χ1) is 14.4. The predicted molar refractivity (Wildman–Crippen MR) is 119 cm³/mol. The lowest BCUT2D eigenvalue weighted by Crippen LogP contribution is -2.34. The summed E-state index contributed by atoms with van der Waals surface area (Å²) < 4.78 is 31.0. The van der Waals surface area contributed by atoms with Crippen LogP contribution in [-0.2, 0) is 22.9 Å². The number of ether oxygens (including phenoxy) is 1. The van der Waals surface area contributed by atoms with Crippen molar-refractivity contribution in [3.05, 3.63) is 76.1 Å². The van der Waals surface area contributed by atoms with Crippen molar-refractivity contribution in [2.45, 2.75) is 32.5 Å². The molecule has 1 atom stereocenters. The Bertz CT molecular complexity index is 1200. The standard InChI is InChI=1S/C23H26N2O4S/c1-17-7-8-18-14-19(15-24-20-9-12-30(27,28)16-20)23(26)25(22(18)13-17)10-11-29-21-5-3-2-4-6-21/h2-8,13-14,20,24H,9-12,15-16H2,1H3. The number of hydrogen-bond donors (Lipinski definition) is 1. The van der Waals surface area contributed by atoms with Gasteiger partial charge in [0.1, 0.15) is 12.4 Å². The molecule has 0 bridgehead atoms. The molecule has 7 heteroatoms. The van der Waals surface area contributed by atoms with E-state index >= 15 is 0 Å². The van der Waals surface area contributed by atoms with Crippen LogP contribution in [0.4, 0.5) is 0 Å². The second kappa shape index (κ2) is 8.62. The minimum atomic E-state index is -2.96. The zero-order chi connectivity index (χ0) is 21.1. The molecule has 1 unspecified atom stereocenters. The number of aromatic nitrogens is 1. The molecule has 30 heavy (non-hydrogen) atoms. The molecule has 2 aromatic carbocycles. The van der Waals surface area contributed by atoms with Crippen LogP contribution in [0.15, 0.2) is 59.4 Å². The molecule has 1 aliphatic rings. The third-order valence-electron chi connectivity index (χ3n) is 5.47. The van der Waals surface area contributed by atoms with Gasteiger partial charge in [0.05, 0.1) is 23.6 Å². The zero-order valence-corrected chi connectivity index (χ0v) is 17.8. The minimum Gasteiger partial charge on any atom is -0.492 e. The average molecular weight is 427 g/mol. The van der Waals surface area contributed by atoms with E-state index in [4.69, 9.17) is 4.74 Å². The molecule has 4 rings (SSSR count). The number of hydrogen-bond acceptors (Lipinski definition) is 5. The third kappa shape index (κ3) is 4.74. The number of benzene rings is 2. The van der Waals surface area contributed by atoms with E-state index in [0.29, 0.717) is 31.7 Å². The van der Waals surface area contributed by atoms with Crippen LogP contribution in [0, 0.1) is 6.92 Å². The summed E-state index contributed by atoms with van der Waals surface area (Å²) in [7, 11) is -2.96. The first-order valence-corrected chi connectivity index (χ1v) is 12.0. The van der Waals surface area contributed by atoms with Crippen LogP contribution in [0.3, 0.4) is 0 Å². The summed E-state index contributed by atoms with van der Waals surface area (Å²) in [6.07, 6.45) is 0.591. The fourth-order valence-corrected chi connectivity index (χ4v) is 5.58. The van der Waals surface area contributed by atoms with Gasteiger partial charge in [-0.3, -0.25) is 4.79 Å². The number of para-hydroxylation sites is 1. The number of nitrogens with one attached hydrogen (secondary N) is 1. The van der Waals surface area contributed by atoms with Crippen LogP contribution in [0.5, 0.6) is 5.75 Å². The highest BCUT2D eigenvalue weighted by Gasteiger charge is 2.27. The minimum absolute atomic E-state index is 0.0712. The van der Waals surface area contributed by atoms with Gasteiger partial charge in [-0.15, -0.1) is 0 Å². The van der Waals surface area contributed by atoms with Crippen LogP contribution in [-0.4, -0.2) is 37.1 Å². The van der Waals surface area contributed by atoms with E-state index in [1.807, 2.05) is 61.5 Å². The Hall–Kier alpha value is -2.64. The van der Waals surface area contributed by atoms with Gasteiger partial charge >= 0.3 is 0 Å². The van der Waals surface area contributed by atoms with Crippen LogP contribution in [0.2, 0.25) is 0 Å². The van der Waals surface area contributed by atoms with Gasteiger partial charge in [-0.25, -0.2) is 8.42 Å². The Morgan fingerprint density at radius 2 is 1.93 bits per heavy atom. The summed E-state index contributed by atoms with van der Waals surface area (Å²) in [6.45, 7) is 3.16. The first kappa shape index (κ1) is 20.6. The lowest BCUT2D eigenvalue weighted by molar-refractivity contribution is 0.298. The fraction of sp³-hybridized carbons (Fsp3) is 0.348. The molecule has 0 amide bonds. The molecular formula is C23H26N2O4S.